The van der Waals surface area contributed by atoms with Gasteiger partial charge < -0.3 is 23.1 Å². The Hall–Kier alpha value is -0.409. The number of hydrogen-bond donors (Lipinski definition) is 1. The van der Waals surface area contributed by atoms with E-state index < -0.39 is 37.3 Å². The predicted molar refractivity (Wildman–Crippen MR) is 162 cm³/mol. The van der Waals surface area contributed by atoms with E-state index in [9.17, 15) is 5.11 Å². The number of nitrogens with zero attached hydrogens (tertiary/aromatic N) is 3. The van der Waals surface area contributed by atoms with Crippen LogP contribution in [0.15, 0.2) is 6.33 Å². The molecule has 1 unspecified atom stereocenters. The highest BCUT2D eigenvalue weighted by Gasteiger charge is 2.55. The van der Waals surface area contributed by atoms with Crippen LogP contribution in [0.1, 0.15) is 87.4 Å². The molecule has 1 aromatic heterocycles. The Balaban J connectivity index is 2.59. The van der Waals surface area contributed by atoms with Gasteiger partial charge in [-0.25, -0.2) is 9.67 Å². The van der Waals surface area contributed by atoms with E-state index in [2.05, 4.69) is 112 Å². The maximum atomic E-state index is 10.1. The Morgan fingerprint density at radius 2 is 1.29 bits per heavy atom. The molecule has 0 aliphatic carbocycles. The van der Waals surface area contributed by atoms with Gasteiger partial charge in [-0.15, -0.1) is 0 Å². The summed E-state index contributed by atoms with van der Waals surface area (Å²) in [4.78, 5) is 4.34. The number of ether oxygens (including phenoxy) is 1. The van der Waals surface area contributed by atoms with Crippen molar-refractivity contribution < 1.29 is 23.1 Å². The largest absolute Gasteiger partial charge is 0.414 e. The van der Waals surface area contributed by atoms with E-state index in [-0.39, 0.29) is 33.4 Å². The highest BCUT2D eigenvalue weighted by Crippen LogP contribution is 2.46. The van der Waals surface area contributed by atoms with E-state index >= 15 is 0 Å². The summed E-state index contributed by atoms with van der Waals surface area (Å²) in [5, 5.41) is 14.8. The molecule has 5 atom stereocenters. The van der Waals surface area contributed by atoms with Crippen molar-refractivity contribution in [3.05, 3.63) is 12.2 Å². The molecule has 8 nitrogen and oxygen atoms in total. The Labute approximate surface area is 235 Å². The van der Waals surface area contributed by atoms with Gasteiger partial charge in [-0.2, -0.15) is 5.10 Å². The van der Waals surface area contributed by atoms with Gasteiger partial charge in [0.1, 0.15) is 30.7 Å². The molecule has 222 valence electrons. The fourth-order valence-electron chi connectivity index (χ4n) is 3.47. The topological polar surface area (TPSA) is 87.9 Å². The number of hydrogen-bond acceptors (Lipinski definition) is 7. The third-order valence-electron chi connectivity index (χ3n) is 9.33. The maximum absolute atomic E-state index is 10.1. The smallest absolute Gasteiger partial charge is 0.192 e. The highest BCUT2D eigenvalue weighted by atomic mass is 28.4. The molecule has 1 aliphatic rings. The summed E-state index contributed by atoms with van der Waals surface area (Å²) >= 11 is 0. The van der Waals surface area contributed by atoms with Crippen molar-refractivity contribution in [2.75, 3.05) is 6.61 Å². The van der Waals surface area contributed by atoms with Gasteiger partial charge in [0.2, 0.25) is 0 Å². The molecule has 0 aromatic carbocycles. The first-order valence-corrected chi connectivity index (χ1v) is 22.8. The van der Waals surface area contributed by atoms with Crippen LogP contribution in [-0.2, 0) is 18.0 Å². The van der Waals surface area contributed by atoms with Crippen LogP contribution >= 0.6 is 0 Å². The summed E-state index contributed by atoms with van der Waals surface area (Å²) < 4.78 is 29.4. The Morgan fingerprint density at radius 3 is 1.68 bits per heavy atom. The molecule has 1 fully saturated rings. The van der Waals surface area contributed by atoms with Crippen LogP contribution in [-0.4, -0.2) is 69.7 Å². The third-order valence-corrected chi connectivity index (χ3v) is 22.8. The fraction of sp³-hybridized carbons (Fsp3) is 0.926. The first-order valence-electron chi connectivity index (χ1n) is 14.0. The summed E-state index contributed by atoms with van der Waals surface area (Å²) in [6, 6.07) is 0. The van der Waals surface area contributed by atoms with Crippen LogP contribution in [0.25, 0.3) is 0 Å². The van der Waals surface area contributed by atoms with Crippen molar-refractivity contribution in [3.8, 4) is 0 Å². The molecule has 38 heavy (non-hydrogen) atoms. The van der Waals surface area contributed by atoms with Gasteiger partial charge in [0.05, 0.1) is 6.61 Å². The van der Waals surface area contributed by atoms with Gasteiger partial charge in [0.15, 0.2) is 37.0 Å². The summed E-state index contributed by atoms with van der Waals surface area (Å²) in [6.07, 6.45) is -0.700. The Morgan fingerprint density at radius 1 is 0.842 bits per heavy atom. The lowest BCUT2D eigenvalue weighted by molar-refractivity contribution is -0.0551. The zero-order valence-electron chi connectivity index (χ0n) is 27.1. The molecule has 1 aliphatic heterocycles. The Bertz CT molecular complexity index is 930. The van der Waals surface area contributed by atoms with Crippen LogP contribution in [0.4, 0.5) is 0 Å². The molecule has 0 radical (unpaired) electrons. The minimum absolute atomic E-state index is 0.00192. The zero-order valence-corrected chi connectivity index (χ0v) is 30.1. The monoisotopic (exact) mass is 587 g/mol. The van der Waals surface area contributed by atoms with Gasteiger partial charge in [-0.05, 0) is 61.3 Å². The average Bonchev–Trinajstić information content (AvgIpc) is 3.29. The van der Waals surface area contributed by atoms with E-state index in [1.165, 1.54) is 0 Å². The number of aliphatic hydroxyl groups excluding tert-OH is 1. The highest BCUT2D eigenvalue weighted by molar-refractivity contribution is 6.75. The lowest BCUT2D eigenvalue weighted by Crippen LogP contribution is -2.54. The second kappa shape index (κ2) is 11.1. The minimum atomic E-state index is -2.23. The van der Waals surface area contributed by atoms with Crippen molar-refractivity contribution >= 4 is 25.0 Å². The molecule has 0 bridgehead atoms. The lowest BCUT2D eigenvalue weighted by Gasteiger charge is -2.44. The van der Waals surface area contributed by atoms with Crippen LogP contribution < -0.4 is 0 Å². The van der Waals surface area contributed by atoms with Gasteiger partial charge in [0.25, 0.3) is 0 Å². The van der Waals surface area contributed by atoms with E-state index in [1.807, 2.05) is 0 Å². The molecule has 0 spiro atoms. The SMILES string of the molecule is CC(O)c1ncn([C@@H]2O[C@H](CO[Si](C)(C)C(C)(C)C)[C@@H](O[Si](C)(C)C(C)(C)C)[C@H]2O[Si](C)(C)C(C)(C)C)n1. The summed E-state index contributed by atoms with van der Waals surface area (Å²) in [6.45, 7) is 35.9. The van der Waals surface area contributed by atoms with Crippen molar-refractivity contribution in [1.82, 2.24) is 14.8 Å². The fourth-order valence-corrected chi connectivity index (χ4v) is 7.08. The van der Waals surface area contributed by atoms with E-state index in [1.54, 1.807) is 17.9 Å². The van der Waals surface area contributed by atoms with Crippen LogP contribution in [0.5, 0.6) is 0 Å². The molecule has 11 heteroatoms. The molecule has 1 N–H and O–H groups in total. The number of rotatable bonds is 9. The molecule has 0 saturated carbocycles. The first kappa shape index (κ1) is 33.8. The van der Waals surface area contributed by atoms with Crippen LogP contribution in [0.3, 0.4) is 0 Å². The normalized spacial score (nSPS) is 25.2. The molecular formula is C27H57N3O5Si3. The first-order chi connectivity index (χ1) is 16.8. The van der Waals surface area contributed by atoms with Gasteiger partial charge >= 0.3 is 0 Å². The van der Waals surface area contributed by atoms with Crippen LogP contribution in [0.2, 0.25) is 54.4 Å². The lowest BCUT2D eigenvalue weighted by atomic mass is 10.1. The predicted octanol–water partition coefficient (Wildman–Crippen LogP) is 7.03. The second-order valence-electron chi connectivity index (χ2n) is 15.6. The standard InChI is InChI=1S/C27H57N3O5Si3/c1-19(31)23-28-18-30(29-23)24-22(35-38(15,16)27(8,9)10)21(34-37(13,14)26(5,6)7)20(33-24)17-32-36(11,12)25(2,3)4/h18-22,24,31H,17H2,1-16H3/t19?,20-,21-,22-,24-/m1/s1. The maximum Gasteiger partial charge on any atom is 0.192 e. The van der Waals surface area contributed by atoms with Gasteiger partial charge in [0, 0.05) is 0 Å². The van der Waals surface area contributed by atoms with E-state index in [4.69, 9.17) is 18.0 Å². The molecular weight excluding hydrogens is 531 g/mol. The van der Waals surface area contributed by atoms with Crippen molar-refractivity contribution in [2.24, 2.45) is 0 Å². The van der Waals surface area contributed by atoms with Crippen molar-refractivity contribution in [1.29, 1.82) is 0 Å². The molecule has 1 aromatic rings. The number of aliphatic hydroxyl groups is 1. The molecule has 1 saturated heterocycles. The van der Waals surface area contributed by atoms with Gasteiger partial charge in [-0.1, -0.05) is 62.3 Å². The second-order valence-corrected chi connectivity index (χ2v) is 29.9. The number of aromatic nitrogens is 3. The summed E-state index contributed by atoms with van der Waals surface area (Å²) in [5.74, 6) is 0.363. The van der Waals surface area contributed by atoms with Gasteiger partial charge in [-0.3, -0.25) is 0 Å². The summed E-state index contributed by atoms with van der Waals surface area (Å²) in [7, 11) is -6.47. The van der Waals surface area contributed by atoms with E-state index in [0.29, 0.717) is 12.4 Å². The zero-order chi connectivity index (χ0) is 29.7. The average molecular weight is 588 g/mol. The minimum Gasteiger partial charge on any atom is -0.414 e. The quantitative estimate of drug-likeness (QED) is 0.310. The van der Waals surface area contributed by atoms with Crippen molar-refractivity contribution in [2.45, 2.75) is 154 Å². The van der Waals surface area contributed by atoms with E-state index in [0.717, 1.165) is 0 Å². The van der Waals surface area contributed by atoms with Crippen molar-refractivity contribution in [3.63, 3.8) is 0 Å². The molecule has 2 heterocycles. The third kappa shape index (κ3) is 7.45. The Kier molecular flexibility index (Phi) is 9.88. The molecule has 2 rings (SSSR count). The molecule has 0 amide bonds. The van der Waals surface area contributed by atoms with Crippen LogP contribution in [0, 0.1) is 0 Å². The summed E-state index contributed by atoms with van der Waals surface area (Å²) in [5.41, 5.74) is 0.